The largest absolute Gasteiger partial charge is 0.493 e. The van der Waals surface area contributed by atoms with E-state index in [9.17, 15) is 9.50 Å². The van der Waals surface area contributed by atoms with Crippen molar-refractivity contribution in [3.63, 3.8) is 0 Å². The van der Waals surface area contributed by atoms with E-state index in [1.54, 1.807) is 0 Å². The van der Waals surface area contributed by atoms with E-state index < -0.39 is 11.4 Å². The van der Waals surface area contributed by atoms with Gasteiger partial charge in [-0.25, -0.2) is 4.39 Å². The Bertz CT molecular complexity index is 383. The Labute approximate surface area is 87.7 Å². The second kappa shape index (κ2) is 3.47. The van der Waals surface area contributed by atoms with Gasteiger partial charge in [0, 0.05) is 18.0 Å². The highest BCUT2D eigenvalue weighted by Gasteiger charge is 2.40. The van der Waals surface area contributed by atoms with Crippen molar-refractivity contribution in [2.45, 2.75) is 12.5 Å². The minimum absolute atomic E-state index is 0.0635. The summed E-state index contributed by atoms with van der Waals surface area (Å²) in [4.78, 5) is 0. The number of benzene rings is 1. The van der Waals surface area contributed by atoms with Gasteiger partial charge in [-0.2, -0.15) is 0 Å². The van der Waals surface area contributed by atoms with E-state index in [0.717, 1.165) is 0 Å². The maximum atomic E-state index is 13.1. The van der Waals surface area contributed by atoms with E-state index in [0.29, 0.717) is 17.9 Å². The lowest BCUT2D eigenvalue weighted by Gasteiger charge is -2.38. The molecule has 2 rings (SSSR count). The number of hydrogen-bond donors (Lipinski definition) is 2. The van der Waals surface area contributed by atoms with Crippen LogP contribution in [0.1, 0.15) is 12.5 Å². The van der Waals surface area contributed by atoms with Crippen molar-refractivity contribution >= 4 is 0 Å². The van der Waals surface area contributed by atoms with Gasteiger partial charge in [0.15, 0.2) is 0 Å². The molecule has 4 heteroatoms. The lowest BCUT2D eigenvalue weighted by atomic mass is 9.80. The third-order valence-corrected chi connectivity index (χ3v) is 3.02. The first-order chi connectivity index (χ1) is 7.08. The molecule has 0 aromatic heterocycles. The smallest absolute Gasteiger partial charge is 0.125 e. The Morgan fingerprint density at radius 1 is 1.67 bits per heavy atom. The van der Waals surface area contributed by atoms with Crippen LogP contribution in [0.5, 0.6) is 5.75 Å². The first-order valence-electron chi connectivity index (χ1n) is 4.93. The fourth-order valence-electron chi connectivity index (χ4n) is 1.90. The van der Waals surface area contributed by atoms with Gasteiger partial charge < -0.3 is 15.6 Å². The molecule has 1 aromatic carbocycles. The van der Waals surface area contributed by atoms with Crippen LogP contribution in [0.4, 0.5) is 4.39 Å². The van der Waals surface area contributed by atoms with Crippen molar-refractivity contribution in [2.75, 3.05) is 13.2 Å². The second-order valence-electron chi connectivity index (χ2n) is 3.98. The Hall–Kier alpha value is -1.13. The predicted octanol–water partition coefficient (Wildman–Crippen LogP) is 1.00. The molecule has 82 valence electrons. The van der Waals surface area contributed by atoms with Crippen molar-refractivity contribution in [1.29, 1.82) is 0 Å². The van der Waals surface area contributed by atoms with Crippen LogP contribution in [0, 0.1) is 11.7 Å². The molecule has 15 heavy (non-hydrogen) atoms. The molecule has 1 heterocycles. The molecule has 0 spiro atoms. The van der Waals surface area contributed by atoms with Crippen LogP contribution in [0.3, 0.4) is 0 Å². The third-order valence-electron chi connectivity index (χ3n) is 3.02. The molecule has 3 nitrogen and oxygen atoms in total. The summed E-state index contributed by atoms with van der Waals surface area (Å²) in [6.45, 7) is 2.29. The van der Waals surface area contributed by atoms with E-state index in [-0.39, 0.29) is 12.5 Å². The molecule has 0 amide bonds. The summed E-state index contributed by atoms with van der Waals surface area (Å²) in [5.74, 6) is -0.0161. The molecule has 0 aliphatic carbocycles. The zero-order valence-electron chi connectivity index (χ0n) is 8.53. The van der Waals surface area contributed by atoms with Crippen LogP contribution < -0.4 is 10.5 Å². The molecule has 3 N–H and O–H groups in total. The molecular weight excluding hydrogens is 197 g/mol. The maximum Gasteiger partial charge on any atom is 0.125 e. The first kappa shape index (κ1) is 10.4. The lowest BCUT2D eigenvalue weighted by Crippen LogP contribution is -2.46. The normalized spacial score (nSPS) is 29.5. The van der Waals surface area contributed by atoms with E-state index >= 15 is 0 Å². The first-order valence-corrected chi connectivity index (χ1v) is 4.93. The molecule has 0 saturated heterocycles. The molecule has 1 aliphatic rings. The van der Waals surface area contributed by atoms with E-state index in [4.69, 9.17) is 10.5 Å². The molecule has 1 aliphatic heterocycles. The lowest BCUT2D eigenvalue weighted by molar-refractivity contribution is -0.0437. The number of ether oxygens (including phenoxy) is 1. The predicted molar refractivity (Wildman–Crippen MR) is 54.0 cm³/mol. The Morgan fingerprint density at radius 2 is 2.40 bits per heavy atom. The molecule has 2 atom stereocenters. The fraction of sp³-hybridized carbons (Fsp3) is 0.455. The molecular formula is C11H14FNO2. The van der Waals surface area contributed by atoms with Crippen LogP contribution in [0.25, 0.3) is 0 Å². The van der Waals surface area contributed by atoms with Crippen molar-refractivity contribution in [1.82, 2.24) is 0 Å². The average Bonchev–Trinajstić information content (AvgIpc) is 2.24. The molecule has 0 fully saturated rings. The van der Waals surface area contributed by atoms with E-state index in [1.165, 1.54) is 18.2 Å². The van der Waals surface area contributed by atoms with E-state index in [2.05, 4.69) is 0 Å². The molecule has 0 bridgehead atoms. The highest BCUT2D eigenvalue weighted by Crippen LogP contribution is 2.39. The maximum absolute atomic E-state index is 13.1. The van der Waals surface area contributed by atoms with Gasteiger partial charge in [-0.1, -0.05) is 6.92 Å². The Kier molecular flexibility index (Phi) is 2.40. The van der Waals surface area contributed by atoms with E-state index in [1.807, 2.05) is 6.92 Å². The zero-order chi connectivity index (χ0) is 11.1. The number of hydrogen-bond acceptors (Lipinski definition) is 3. The zero-order valence-corrected chi connectivity index (χ0v) is 8.53. The molecule has 0 radical (unpaired) electrons. The number of halogens is 1. The van der Waals surface area contributed by atoms with Gasteiger partial charge in [0.05, 0.1) is 6.61 Å². The average molecular weight is 211 g/mol. The van der Waals surface area contributed by atoms with Crippen molar-refractivity contribution in [3.8, 4) is 5.75 Å². The minimum Gasteiger partial charge on any atom is -0.493 e. The summed E-state index contributed by atoms with van der Waals surface area (Å²) in [6, 6.07) is 4.13. The number of rotatable bonds is 1. The quantitative estimate of drug-likeness (QED) is 0.728. The molecule has 2 unspecified atom stereocenters. The number of nitrogens with two attached hydrogens (primary N) is 1. The summed E-state index contributed by atoms with van der Waals surface area (Å²) >= 11 is 0. The summed E-state index contributed by atoms with van der Waals surface area (Å²) in [5.41, 5.74) is 4.83. The van der Waals surface area contributed by atoms with Crippen LogP contribution in [0.2, 0.25) is 0 Å². The van der Waals surface area contributed by atoms with Gasteiger partial charge >= 0.3 is 0 Å². The van der Waals surface area contributed by atoms with Crippen LogP contribution >= 0.6 is 0 Å². The van der Waals surface area contributed by atoms with Gasteiger partial charge in [0.25, 0.3) is 0 Å². The van der Waals surface area contributed by atoms with Crippen molar-refractivity contribution in [3.05, 3.63) is 29.6 Å². The van der Waals surface area contributed by atoms with Gasteiger partial charge in [-0.15, -0.1) is 0 Å². The SMILES string of the molecule is CC1COc2ccc(F)cc2C1(O)CN. The van der Waals surface area contributed by atoms with Crippen LogP contribution in [0.15, 0.2) is 18.2 Å². The standard InChI is InChI=1S/C11H14FNO2/c1-7-5-15-10-3-2-8(12)4-9(10)11(7,14)6-13/h2-4,7,14H,5-6,13H2,1H3. The summed E-state index contributed by atoms with van der Waals surface area (Å²) in [7, 11) is 0. The van der Waals surface area contributed by atoms with Crippen molar-refractivity contribution < 1.29 is 14.2 Å². The summed E-state index contributed by atoms with van der Waals surface area (Å²) in [6.07, 6.45) is 0. The van der Waals surface area contributed by atoms with Gasteiger partial charge in [-0.3, -0.25) is 0 Å². The minimum atomic E-state index is -1.18. The van der Waals surface area contributed by atoms with Crippen molar-refractivity contribution in [2.24, 2.45) is 11.7 Å². The number of fused-ring (bicyclic) bond motifs is 1. The highest BCUT2D eigenvalue weighted by molar-refractivity contribution is 5.41. The highest BCUT2D eigenvalue weighted by atomic mass is 19.1. The summed E-state index contributed by atoms with van der Waals surface area (Å²) < 4.78 is 18.5. The molecule has 0 saturated carbocycles. The molecule has 1 aromatic rings. The monoisotopic (exact) mass is 211 g/mol. The third kappa shape index (κ3) is 1.50. The second-order valence-corrected chi connectivity index (χ2v) is 3.98. The van der Waals surface area contributed by atoms with Gasteiger partial charge in [0.1, 0.15) is 17.2 Å². The Balaban J connectivity index is 2.56. The van der Waals surface area contributed by atoms with Crippen LogP contribution in [-0.4, -0.2) is 18.3 Å². The van der Waals surface area contributed by atoms with Gasteiger partial charge in [-0.05, 0) is 18.2 Å². The van der Waals surface area contributed by atoms with Gasteiger partial charge in [0.2, 0.25) is 0 Å². The fourth-order valence-corrected chi connectivity index (χ4v) is 1.90. The Morgan fingerprint density at radius 3 is 3.07 bits per heavy atom. The van der Waals surface area contributed by atoms with Crippen LogP contribution in [-0.2, 0) is 5.60 Å². The topological polar surface area (TPSA) is 55.5 Å². The number of aliphatic hydroxyl groups is 1. The summed E-state index contributed by atoms with van der Waals surface area (Å²) in [5, 5.41) is 10.4.